The van der Waals surface area contributed by atoms with Crippen molar-refractivity contribution in [2.24, 2.45) is 11.3 Å². The minimum atomic E-state index is -0.00837. The van der Waals surface area contributed by atoms with Crippen LogP contribution in [0.5, 0.6) is 0 Å². The van der Waals surface area contributed by atoms with Gasteiger partial charge in [0.2, 0.25) is 11.8 Å². The Labute approximate surface area is 114 Å². The van der Waals surface area contributed by atoms with Crippen LogP contribution in [-0.4, -0.2) is 18.4 Å². The van der Waals surface area contributed by atoms with Crippen LogP contribution in [0.15, 0.2) is 11.8 Å². The molecule has 19 heavy (non-hydrogen) atoms. The maximum Gasteiger partial charge on any atom is 0.224 e. The number of fused-ring (bicyclic) bond motifs is 1. The fraction of sp³-hybridized carbons (Fsp3) is 0.733. The van der Waals surface area contributed by atoms with Gasteiger partial charge >= 0.3 is 0 Å². The molecule has 0 radical (unpaired) electrons. The molecule has 1 unspecified atom stereocenters. The van der Waals surface area contributed by atoms with Crippen LogP contribution in [0.4, 0.5) is 0 Å². The van der Waals surface area contributed by atoms with Crippen LogP contribution < -0.4 is 10.6 Å². The number of nitrogens with one attached hydrogen (secondary N) is 2. The second kappa shape index (κ2) is 4.99. The first kappa shape index (κ1) is 12.7. The van der Waals surface area contributed by atoms with E-state index >= 15 is 0 Å². The number of rotatable bonds is 3. The molecular weight excluding hydrogens is 240 g/mol. The molecule has 2 N–H and O–H groups in total. The van der Waals surface area contributed by atoms with E-state index in [1.807, 2.05) is 0 Å². The first-order valence-electron chi connectivity index (χ1n) is 7.48. The molecule has 0 spiro atoms. The first-order chi connectivity index (χ1) is 9.20. The molecule has 2 aliphatic carbocycles. The Hall–Kier alpha value is -1.32. The summed E-state index contributed by atoms with van der Waals surface area (Å²) in [6.45, 7) is 0.689. The summed E-state index contributed by atoms with van der Waals surface area (Å²) >= 11 is 0. The number of piperidine rings is 1. The van der Waals surface area contributed by atoms with E-state index in [0.29, 0.717) is 13.0 Å². The minimum absolute atomic E-state index is 0.00837. The van der Waals surface area contributed by atoms with E-state index in [4.69, 9.17) is 0 Å². The van der Waals surface area contributed by atoms with Crippen LogP contribution in [0.3, 0.4) is 0 Å². The summed E-state index contributed by atoms with van der Waals surface area (Å²) in [5, 5.41) is 6.14. The standard InChI is InChI=1S/C15H22N2O2/c18-13-7-9-15(8-2-1-6-12(15)17-13)10-16-14(19)11-4-3-5-11/h6,11H,1-5,7-10H2,(H,16,19)(H,17,18). The number of hydrogen-bond donors (Lipinski definition) is 2. The number of amides is 2. The molecule has 0 aromatic heterocycles. The summed E-state index contributed by atoms with van der Waals surface area (Å²) in [7, 11) is 0. The molecule has 0 bridgehead atoms. The average molecular weight is 262 g/mol. The Balaban J connectivity index is 1.66. The largest absolute Gasteiger partial charge is 0.355 e. The van der Waals surface area contributed by atoms with Crippen molar-refractivity contribution in [3.63, 3.8) is 0 Å². The summed E-state index contributed by atoms with van der Waals surface area (Å²) in [4.78, 5) is 23.5. The molecule has 1 saturated heterocycles. The maximum absolute atomic E-state index is 12.0. The Bertz CT molecular complexity index is 426. The van der Waals surface area contributed by atoms with E-state index in [0.717, 1.165) is 44.2 Å². The van der Waals surface area contributed by atoms with E-state index in [2.05, 4.69) is 16.7 Å². The van der Waals surface area contributed by atoms with Gasteiger partial charge in [0.1, 0.15) is 0 Å². The number of allylic oxidation sites excluding steroid dienone is 1. The van der Waals surface area contributed by atoms with Gasteiger partial charge in [0.05, 0.1) is 0 Å². The van der Waals surface area contributed by atoms with E-state index in [1.54, 1.807) is 0 Å². The number of carbonyl (C=O) groups is 2. The third-order valence-electron chi connectivity index (χ3n) is 4.96. The van der Waals surface area contributed by atoms with Gasteiger partial charge in [0.25, 0.3) is 0 Å². The second-order valence-electron chi connectivity index (χ2n) is 6.18. The van der Waals surface area contributed by atoms with Crippen LogP contribution in [0.2, 0.25) is 0 Å². The fourth-order valence-corrected chi connectivity index (χ4v) is 3.39. The van der Waals surface area contributed by atoms with E-state index in [-0.39, 0.29) is 23.1 Å². The van der Waals surface area contributed by atoms with Crippen molar-refractivity contribution in [3.8, 4) is 0 Å². The van der Waals surface area contributed by atoms with Gasteiger partial charge in [-0.25, -0.2) is 0 Å². The van der Waals surface area contributed by atoms with Crippen molar-refractivity contribution in [3.05, 3.63) is 11.8 Å². The molecule has 2 amide bonds. The van der Waals surface area contributed by atoms with Crippen molar-refractivity contribution in [2.45, 2.75) is 51.4 Å². The van der Waals surface area contributed by atoms with E-state index in [9.17, 15) is 9.59 Å². The molecule has 3 aliphatic rings. The zero-order chi connectivity index (χ0) is 13.3. The molecule has 1 saturated carbocycles. The first-order valence-corrected chi connectivity index (χ1v) is 7.48. The van der Waals surface area contributed by atoms with Gasteiger partial charge in [-0.3, -0.25) is 9.59 Å². The lowest BCUT2D eigenvalue weighted by Gasteiger charge is -2.42. The van der Waals surface area contributed by atoms with Crippen molar-refractivity contribution < 1.29 is 9.59 Å². The van der Waals surface area contributed by atoms with Gasteiger partial charge in [-0.05, 0) is 38.5 Å². The highest BCUT2D eigenvalue weighted by Gasteiger charge is 2.40. The average Bonchev–Trinajstić information content (AvgIpc) is 2.35. The van der Waals surface area contributed by atoms with Crippen LogP contribution in [-0.2, 0) is 9.59 Å². The topological polar surface area (TPSA) is 58.2 Å². The van der Waals surface area contributed by atoms with Gasteiger partial charge in [0.15, 0.2) is 0 Å². The molecule has 104 valence electrons. The maximum atomic E-state index is 12.0. The zero-order valence-electron chi connectivity index (χ0n) is 11.3. The summed E-state index contributed by atoms with van der Waals surface area (Å²) < 4.78 is 0. The summed E-state index contributed by atoms with van der Waals surface area (Å²) in [6, 6.07) is 0. The molecule has 0 aromatic rings. The Morgan fingerprint density at radius 3 is 2.95 bits per heavy atom. The molecule has 1 aliphatic heterocycles. The van der Waals surface area contributed by atoms with Crippen LogP contribution in [0, 0.1) is 11.3 Å². The molecule has 4 heteroatoms. The van der Waals surface area contributed by atoms with Crippen molar-refractivity contribution in [1.29, 1.82) is 0 Å². The zero-order valence-corrected chi connectivity index (χ0v) is 11.3. The minimum Gasteiger partial charge on any atom is -0.355 e. The molecule has 1 atom stereocenters. The van der Waals surface area contributed by atoms with Gasteiger partial charge in [-0.2, -0.15) is 0 Å². The monoisotopic (exact) mass is 262 g/mol. The Morgan fingerprint density at radius 1 is 1.37 bits per heavy atom. The second-order valence-corrected chi connectivity index (χ2v) is 6.18. The molecule has 0 aromatic carbocycles. The summed E-state index contributed by atoms with van der Waals surface area (Å²) in [6.07, 6.45) is 10.1. The van der Waals surface area contributed by atoms with Crippen molar-refractivity contribution >= 4 is 11.8 Å². The highest BCUT2D eigenvalue weighted by atomic mass is 16.2. The van der Waals surface area contributed by atoms with Gasteiger partial charge in [-0.1, -0.05) is 12.5 Å². The van der Waals surface area contributed by atoms with E-state index < -0.39 is 0 Å². The number of hydrogen-bond acceptors (Lipinski definition) is 2. The van der Waals surface area contributed by atoms with Crippen molar-refractivity contribution in [1.82, 2.24) is 10.6 Å². The smallest absolute Gasteiger partial charge is 0.224 e. The summed E-state index contributed by atoms with van der Waals surface area (Å²) in [5.74, 6) is 0.571. The predicted octanol–water partition coefficient (Wildman–Crippen LogP) is 1.87. The van der Waals surface area contributed by atoms with Gasteiger partial charge < -0.3 is 10.6 Å². The quantitative estimate of drug-likeness (QED) is 0.815. The molecule has 3 rings (SSSR count). The fourth-order valence-electron chi connectivity index (χ4n) is 3.39. The predicted molar refractivity (Wildman–Crippen MR) is 72.1 cm³/mol. The molecule has 4 nitrogen and oxygen atoms in total. The lowest BCUT2D eigenvalue weighted by molar-refractivity contribution is -0.128. The molecular formula is C15H22N2O2. The summed E-state index contributed by atoms with van der Waals surface area (Å²) in [5.41, 5.74) is 1.05. The third kappa shape index (κ3) is 2.40. The Morgan fingerprint density at radius 2 is 2.21 bits per heavy atom. The molecule has 2 fully saturated rings. The Kier molecular flexibility index (Phi) is 3.33. The van der Waals surface area contributed by atoms with Crippen LogP contribution in [0.1, 0.15) is 51.4 Å². The highest BCUT2D eigenvalue weighted by molar-refractivity contribution is 5.81. The number of carbonyl (C=O) groups excluding carboxylic acids is 2. The van der Waals surface area contributed by atoms with Crippen LogP contribution >= 0.6 is 0 Å². The van der Waals surface area contributed by atoms with Gasteiger partial charge in [0, 0.05) is 30.0 Å². The lowest BCUT2D eigenvalue weighted by Crippen LogP contribution is -2.49. The van der Waals surface area contributed by atoms with Crippen LogP contribution in [0.25, 0.3) is 0 Å². The molecule has 1 heterocycles. The van der Waals surface area contributed by atoms with Crippen molar-refractivity contribution in [2.75, 3.05) is 6.54 Å². The third-order valence-corrected chi connectivity index (χ3v) is 4.96. The van der Waals surface area contributed by atoms with Gasteiger partial charge in [-0.15, -0.1) is 0 Å². The SMILES string of the molecule is O=C1CCC2(CNC(=O)C3CCC3)CCCC=C2N1. The highest BCUT2D eigenvalue weighted by Crippen LogP contribution is 2.42. The van der Waals surface area contributed by atoms with E-state index in [1.165, 1.54) is 6.42 Å². The normalized spacial score (nSPS) is 30.7. The lowest BCUT2D eigenvalue weighted by atomic mass is 9.70.